The van der Waals surface area contributed by atoms with Crippen LogP contribution in [-0.2, 0) is 19.1 Å². The molecule has 0 radical (unpaired) electrons. The number of fused-ring (bicyclic) bond motifs is 1. The van der Waals surface area contributed by atoms with Crippen molar-refractivity contribution < 1.29 is 23.9 Å². The van der Waals surface area contributed by atoms with Gasteiger partial charge in [-0.25, -0.2) is 0 Å². The molecule has 2 amide bonds. The number of hydrogen-bond acceptors (Lipinski definition) is 5. The Balaban J connectivity index is 1.55. The van der Waals surface area contributed by atoms with Gasteiger partial charge in [-0.2, -0.15) is 0 Å². The predicted octanol–water partition coefficient (Wildman–Crippen LogP) is 3.72. The van der Waals surface area contributed by atoms with Crippen LogP contribution in [0.2, 0.25) is 0 Å². The van der Waals surface area contributed by atoms with Crippen molar-refractivity contribution >= 4 is 23.5 Å². The number of hydrogen-bond donors (Lipinski definition) is 0. The van der Waals surface area contributed by atoms with Crippen LogP contribution in [0.25, 0.3) is 0 Å². The van der Waals surface area contributed by atoms with Crippen LogP contribution in [-0.4, -0.2) is 31.5 Å². The summed E-state index contributed by atoms with van der Waals surface area (Å²) in [5.41, 5.74) is 0.0819. The number of imide groups is 1. The van der Waals surface area contributed by atoms with E-state index in [0.29, 0.717) is 24.5 Å². The van der Waals surface area contributed by atoms with E-state index >= 15 is 0 Å². The molecule has 1 saturated heterocycles. The van der Waals surface area contributed by atoms with Crippen LogP contribution in [0.1, 0.15) is 52.4 Å². The number of nitrogens with zero attached hydrogens (tertiary/aromatic N) is 1. The van der Waals surface area contributed by atoms with Gasteiger partial charge in [-0.15, -0.1) is 0 Å². The molecule has 0 spiro atoms. The molecule has 1 saturated carbocycles. The summed E-state index contributed by atoms with van der Waals surface area (Å²) in [5.74, 6) is 0.0426. The van der Waals surface area contributed by atoms with Gasteiger partial charge in [0.05, 0.1) is 36.7 Å². The molecule has 6 nitrogen and oxygen atoms in total. The van der Waals surface area contributed by atoms with Gasteiger partial charge in [0, 0.05) is 0 Å². The molecule has 152 valence electrons. The average Bonchev–Trinajstić information content (AvgIpc) is 2.96. The summed E-state index contributed by atoms with van der Waals surface area (Å²) in [7, 11) is 1.40. The van der Waals surface area contributed by atoms with Gasteiger partial charge in [0.2, 0.25) is 11.8 Å². The highest BCUT2D eigenvalue weighted by molar-refractivity contribution is 6.22. The molecule has 3 rings (SSSR count). The van der Waals surface area contributed by atoms with Crippen LogP contribution < -0.4 is 9.64 Å². The quantitative estimate of drug-likeness (QED) is 0.405. The van der Waals surface area contributed by atoms with Crippen molar-refractivity contribution in [3.05, 3.63) is 24.3 Å². The Morgan fingerprint density at radius 1 is 1.07 bits per heavy atom. The van der Waals surface area contributed by atoms with Crippen molar-refractivity contribution in [1.29, 1.82) is 0 Å². The Labute approximate surface area is 166 Å². The molecule has 1 aromatic rings. The lowest BCUT2D eigenvalue weighted by Crippen LogP contribution is -2.30. The normalized spacial score (nSPS) is 22.2. The lowest BCUT2D eigenvalue weighted by Gasteiger charge is -2.21. The smallest absolute Gasteiger partial charge is 0.311 e. The minimum atomic E-state index is -0.533. The fourth-order valence-corrected chi connectivity index (χ4v) is 4.19. The largest absolute Gasteiger partial charge is 0.494 e. The summed E-state index contributed by atoms with van der Waals surface area (Å²) in [4.78, 5) is 38.3. The summed E-state index contributed by atoms with van der Waals surface area (Å²) < 4.78 is 10.5. The average molecular weight is 387 g/mol. The molecule has 6 heteroatoms. The highest BCUT2D eigenvalue weighted by atomic mass is 16.5. The number of methoxy groups -OCH3 is 1. The lowest BCUT2D eigenvalue weighted by molar-refractivity contribution is -0.151. The third-order valence-corrected chi connectivity index (χ3v) is 5.89. The van der Waals surface area contributed by atoms with Crippen LogP contribution >= 0.6 is 0 Å². The molecular weight excluding hydrogens is 358 g/mol. The third kappa shape index (κ3) is 4.05. The molecular formula is C22H29NO5. The summed E-state index contributed by atoms with van der Waals surface area (Å²) in [6, 6.07) is 7.09. The Kier molecular flexibility index (Phi) is 6.06. The maximum atomic E-state index is 12.7. The molecule has 2 unspecified atom stereocenters. The van der Waals surface area contributed by atoms with E-state index in [1.807, 2.05) is 13.8 Å². The highest BCUT2D eigenvalue weighted by Crippen LogP contribution is 2.40. The number of ether oxygens (including phenoxy) is 2. The fraction of sp³-hybridized carbons (Fsp3) is 0.591. The van der Waals surface area contributed by atoms with Crippen molar-refractivity contribution in [3.8, 4) is 5.75 Å². The van der Waals surface area contributed by atoms with E-state index in [9.17, 15) is 14.4 Å². The zero-order valence-corrected chi connectivity index (χ0v) is 16.9. The van der Waals surface area contributed by atoms with E-state index < -0.39 is 5.41 Å². The zero-order chi connectivity index (χ0) is 20.3. The van der Waals surface area contributed by atoms with Crippen molar-refractivity contribution in [1.82, 2.24) is 0 Å². The van der Waals surface area contributed by atoms with Crippen molar-refractivity contribution in [2.45, 2.75) is 52.4 Å². The molecule has 2 atom stereocenters. The number of benzene rings is 1. The standard InChI is InChI=1S/C22H29NO5/c1-22(2,21(26)27-3)13-6-14-28-16-11-9-15(10-12-16)23-19(24)17-7-4-5-8-18(17)20(23)25/h9-12,17-18H,4-8,13-14H2,1-3H3. The van der Waals surface area contributed by atoms with Gasteiger partial charge in [-0.1, -0.05) is 12.8 Å². The van der Waals surface area contributed by atoms with Crippen LogP contribution in [0.15, 0.2) is 24.3 Å². The Morgan fingerprint density at radius 3 is 2.18 bits per heavy atom. The molecule has 0 aromatic heterocycles. The Bertz CT molecular complexity index is 716. The van der Waals surface area contributed by atoms with E-state index in [1.54, 1.807) is 24.3 Å². The minimum Gasteiger partial charge on any atom is -0.494 e. The van der Waals surface area contributed by atoms with E-state index in [2.05, 4.69) is 0 Å². The molecule has 1 aliphatic carbocycles. The van der Waals surface area contributed by atoms with E-state index in [1.165, 1.54) is 12.0 Å². The SMILES string of the molecule is COC(=O)C(C)(C)CCCOc1ccc(N2C(=O)C3CCCCC3C2=O)cc1. The Hall–Kier alpha value is -2.37. The molecule has 28 heavy (non-hydrogen) atoms. The van der Waals surface area contributed by atoms with E-state index in [0.717, 1.165) is 32.1 Å². The van der Waals surface area contributed by atoms with Gasteiger partial charge >= 0.3 is 5.97 Å². The van der Waals surface area contributed by atoms with E-state index in [4.69, 9.17) is 9.47 Å². The van der Waals surface area contributed by atoms with Gasteiger partial charge in [0.15, 0.2) is 0 Å². The number of amides is 2. The monoisotopic (exact) mass is 387 g/mol. The zero-order valence-electron chi connectivity index (χ0n) is 16.9. The lowest BCUT2D eigenvalue weighted by atomic mass is 9.81. The Morgan fingerprint density at radius 2 is 1.64 bits per heavy atom. The topological polar surface area (TPSA) is 72.9 Å². The van der Waals surface area contributed by atoms with Crippen LogP contribution in [0, 0.1) is 17.3 Å². The summed E-state index contributed by atoms with van der Waals surface area (Å²) in [5, 5.41) is 0. The molecule has 0 bridgehead atoms. The second-order valence-corrected chi connectivity index (χ2v) is 8.33. The van der Waals surface area contributed by atoms with Crippen LogP contribution in [0.4, 0.5) is 5.69 Å². The molecule has 1 heterocycles. The molecule has 2 fully saturated rings. The van der Waals surface area contributed by atoms with Crippen molar-refractivity contribution in [3.63, 3.8) is 0 Å². The van der Waals surface area contributed by atoms with Crippen LogP contribution in [0.5, 0.6) is 5.75 Å². The molecule has 2 aliphatic rings. The molecule has 0 N–H and O–H groups in total. The fourth-order valence-electron chi connectivity index (χ4n) is 4.19. The summed E-state index contributed by atoms with van der Waals surface area (Å²) in [6.07, 6.45) is 5.05. The van der Waals surface area contributed by atoms with Crippen molar-refractivity contribution in [2.75, 3.05) is 18.6 Å². The summed E-state index contributed by atoms with van der Waals surface area (Å²) >= 11 is 0. The first kappa shape index (κ1) is 20.4. The first-order chi connectivity index (χ1) is 13.3. The number of anilines is 1. The van der Waals surface area contributed by atoms with Gasteiger partial charge in [-0.05, 0) is 63.8 Å². The highest BCUT2D eigenvalue weighted by Gasteiger charge is 2.48. The molecule has 1 aromatic carbocycles. The number of carbonyl (C=O) groups excluding carboxylic acids is 3. The maximum Gasteiger partial charge on any atom is 0.311 e. The van der Waals surface area contributed by atoms with Gasteiger partial charge in [-0.3, -0.25) is 19.3 Å². The third-order valence-electron chi connectivity index (χ3n) is 5.89. The number of rotatable bonds is 7. The van der Waals surface area contributed by atoms with Gasteiger partial charge in [0.1, 0.15) is 5.75 Å². The summed E-state index contributed by atoms with van der Waals surface area (Å²) in [6.45, 7) is 4.19. The minimum absolute atomic E-state index is 0.0617. The van der Waals surface area contributed by atoms with Gasteiger partial charge < -0.3 is 9.47 Å². The molecule has 1 aliphatic heterocycles. The number of esters is 1. The first-order valence-corrected chi connectivity index (χ1v) is 10.0. The van der Waals surface area contributed by atoms with E-state index in [-0.39, 0.29) is 29.6 Å². The van der Waals surface area contributed by atoms with Crippen LogP contribution in [0.3, 0.4) is 0 Å². The second-order valence-electron chi connectivity index (χ2n) is 8.33. The predicted molar refractivity (Wildman–Crippen MR) is 105 cm³/mol. The first-order valence-electron chi connectivity index (χ1n) is 10.0. The van der Waals surface area contributed by atoms with Gasteiger partial charge in [0.25, 0.3) is 0 Å². The second kappa shape index (κ2) is 8.33. The van der Waals surface area contributed by atoms with Crippen molar-refractivity contribution in [2.24, 2.45) is 17.3 Å². The maximum absolute atomic E-state index is 12.7. The number of carbonyl (C=O) groups is 3.